The molecule has 1 aliphatic heterocycles. The summed E-state index contributed by atoms with van der Waals surface area (Å²) in [5.41, 5.74) is -2.39. The fourth-order valence-corrected chi connectivity index (χ4v) is 2.11. The molecule has 11 nitrogen and oxygen atoms in total. The molecule has 0 aliphatic carbocycles. The molecule has 0 aromatic rings. The highest BCUT2D eigenvalue weighted by Gasteiger charge is 2.46. The fourth-order valence-electron chi connectivity index (χ4n) is 2.11. The van der Waals surface area contributed by atoms with Crippen LogP contribution >= 0.6 is 0 Å². The van der Waals surface area contributed by atoms with Crippen molar-refractivity contribution >= 4 is 0 Å². The predicted octanol–water partition coefficient (Wildman–Crippen LogP) is -5.76. The molecular formula is C12H24O11. The second-order valence-electron chi connectivity index (χ2n) is 5.46. The van der Waals surface area contributed by atoms with E-state index in [-0.39, 0.29) is 0 Å². The Morgan fingerprint density at radius 3 is 2.09 bits per heavy atom. The Hall–Kier alpha value is -0.440. The summed E-state index contributed by atoms with van der Waals surface area (Å²) in [6.07, 6.45) is -11.5. The van der Waals surface area contributed by atoms with Gasteiger partial charge in [-0.1, -0.05) is 0 Å². The Bertz CT molecular complexity index is 354. The molecule has 1 heterocycles. The van der Waals surface area contributed by atoms with Crippen molar-refractivity contribution in [2.45, 2.75) is 48.5 Å². The molecular weight excluding hydrogens is 320 g/mol. The zero-order chi connectivity index (χ0) is 17.8. The predicted molar refractivity (Wildman–Crippen MR) is 70.9 cm³/mol. The topological polar surface area (TPSA) is 201 Å². The average Bonchev–Trinajstić information content (AvgIpc) is 2.57. The molecule has 1 rings (SSSR count). The molecule has 9 N–H and O–H groups in total. The van der Waals surface area contributed by atoms with Gasteiger partial charge >= 0.3 is 0 Å². The third-order valence-corrected chi connectivity index (χ3v) is 3.72. The van der Waals surface area contributed by atoms with Crippen LogP contribution in [0.5, 0.6) is 0 Å². The van der Waals surface area contributed by atoms with Crippen LogP contribution < -0.4 is 0 Å². The molecule has 0 radical (unpaired) electrons. The first-order valence-corrected chi connectivity index (χ1v) is 6.94. The van der Waals surface area contributed by atoms with Crippen LogP contribution in [0.4, 0.5) is 0 Å². The van der Waals surface area contributed by atoms with Crippen molar-refractivity contribution in [1.29, 1.82) is 0 Å². The van der Waals surface area contributed by atoms with Crippen molar-refractivity contribution in [2.24, 2.45) is 0 Å². The minimum Gasteiger partial charge on any atom is -0.394 e. The standard InChI is InChI=1S/C12H24O11/c13-1-5(16)10(20)12(21,3-15)4-22-11-9(19)8(18)7(17)6(2-14)23-11/h5-11,13-21H,1-4H2/t5-,6-,7+,8+,9+,10-,11-,12-/m1/s1. The molecule has 0 unspecified atom stereocenters. The maximum Gasteiger partial charge on any atom is 0.186 e. The van der Waals surface area contributed by atoms with Gasteiger partial charge in [-0.2, -0.15) is 0 Å². The van der Waals surface area contributed by atoms with E-state index in [2.05, 4.69) is 0 Å². The Labute approximate surface area is 131 Å². The van der Waals surface area contributed by atoms with Gasteiger partial charge in [0.05, 0.1) is 26.4 Å². The first kappa shape index (κ1) is 20.6. The highest BCUT2D eigenvalue weighted by Crippen LogP contribution is 2.24. The third kappa shape index (κ3) is 4.55. The molecule has 8 atom stereocenters. The van der Waals surface area contributed by atoms with Gasteiger partial charge in [0.25, 0.3) is 0 Å². The van der Waals surface area contributed by atoms with Crippen LogP contribution in [-0.2, 0) is 9.47 Å². The van der Waals surface area contributed by atoms with E-state index in [1.807, 2.05) is 0 Å². The average molecular weight is 344 g/mol. The van der Waals surface area contributed by atoms with E-state index >= 15 is 0 Å². The van der Waals surface area contributed by atoms with Crippen molar-refractivity contribution in [3.63, 3.8) is 0 Å². The SMILES string of the molecule is OC[C@@H](O)[C@@H](O)[C@@](O)(CO)CO[C@@H]1O[C@H](CO)[C@H](O)[C@H](O)[C@@H]1O. The fraction of sp³-hybridized carbons (Fsp3) is 1.00. The third-order valence-electron chi connectivity index (χ3n) is 3.72. The zero-order valence-corrected chi connectivity index (χ0v) is 12.2. The maximum absolute atomic E-state index is 10.1. The van der Waals surface area contributed by atoms with Gasteiger partial charge in [0.15, 0.2) is 6.29 Å². The normalized spacial score (nSPS) is 37.2. The molecule has 138 valence electrons. The number of hydrogen-bond donors (Lipinski definition) is 9. The zero-order valence-electron chi connectivity index (χ0n) is 12.2. The number of aliphatic hydroxyl groups is 9. The number of ether oxygens (including phenoxy) is 2. The first-order valence-electron chi connectivity index (χ1n) is 6.94. The molecule has 11 heteroatoms. The summed E-state index contributed by atoms with van der Waals surface area (Å²) in [4.78, 5) is 0. The van der Waals surface area contributed by atoms with Gasteiger partial charge in [-0.25, -0.2) is 0 Å². The summed E-state index contributed by atoms with van der Waals surface area (Å²) in [6.45, 7) is -3.46. The van der Waals surface area contributed by atoms with Gasteiger partial charge in [0, 0.05) is 0 Å². The van der Waals surface area contributed by atoms with Crippen LogP contribution in [0.2, 0.25) is 0 Å². The minimum absolute atomic E-state index is 0.680. The summed E-state index contributed by atoms with van der Waals surface area (Å²) in [6, 6.07) is 0. The van der Waals surface area contributed by atoms with Crippen molar-refractivity contribution in [3.05, 3.63) is 0 Å². The lowest BCUT2D eigenvalue weighted by Gasteiger charge is -2.41. The van der Waals surface area contributed by atoms with E-state index in [4.69, 9.17) is 19.7 Å². The van der Waals surface area contributed by atoms with E-state index < -0.39 is 74.9 Å². The summed E-state index contributed by atoms with van der Waals surface area (Å²) in [7, 11) is 0. The van der Waals surface area contributed by atoms with Gasteiger partial charge in [0.2, 0.25) is 0 Å². The molecule has 1 saturated heterocycles. The van der Waals surface area contributed by atoms with Gasteiger partial charge < -0.3 is 55.4 Å². The Morgan fingerprint density at radius 1 is 1.00 bits per heavy atom. The summed E-state index contributed by atoms with van der Waals surface area (Å²) in [5, 5.41) is 85.0. The second-order valence-corrected chi connectivity index (χ2v) is 5.46. The van der Waals surface area contributed by atoms with E-state index in [1.54, 1.807) is 0 Å². The van der Waals surface area contributed by atoms with Crippen LogP contribution in [0, 0.1) is 0 Å². The van der Waals surface area contributed by atoms with E-state index in [0.717, 1.165) is 0 Å². The Balaban J connectivity index is 2.73. The number of aliphatic hydroxyl groups excluding tert-OH is 8. The molecule has 0 aromatic heterocycles. The largest absolute Gasteiger partial charge is 0.394 e. The minimum atomic E-state index is -2.39. The van der Waals surface area contributed by atoms with Gasteiger partial charge in [0.1, 0.15) is 42.2 Å². The molecule has 0 spiro atoms. The van der Waals surface area contributed by atoms with E-state index in [0.29, 0.717) is 0 Å². The van der Waals surface area contributed by atoms with E-state index in [9.17, 15) is 35.7 Å². The molecule has 0 amide bonds. The van der Waals surface area contributed by atoms with Gasteiger partial charge in [-0.3, -0.25) is 0 Å². The maximum atomic E-state index is 10.1. The molecule has 0 saturated carbocycles. The highest BCUT2D eigenvalue weighted by atomic mass is 16.7. The van der Waals surface area contributed by atoms with Crippen molar-refractivity contribution in [3.8, 4) is 0 Å². The Morgan fingerprint density at radius 2 is 1.61 bits per heavy atom. The number of hydrogen-bond acceptors (Lipinski definition) is 11. The van der Waals surface area contributed by atoms with Gasteiger partial charge in [-0.05, 0) is 0 Å². The van der Waals surface area contributed by atoms with E-state index in [1.165, 1.54) is 0 Å². The van der Waals surface area contributed by atoms with Crippen LogP contribution in [0.15, 0.2) is 0 Å². The molecule has 0 aromatic carbocycles. The molecule has 23 heavy (non-hydrogen) atoms. The number of rotatable bonds is 8. The van der Waals surface area contributed by atoms with Crippen molar-refractivity contribution in [2.75, 3.05) is 26.4 Å². The highest BCUT2D eigenvalue weighted by molar-refractivity contribution is 4.92. The van der Waals surface area contributed by atoms with Crippen molar-refractivity contribution < 1.29 is 55.4 Å². The molecule has 0 bridgehead atoms. The smallest absolute Gasteiger partial charge is 0.186 e. The molecule has 1 fully saturated rings. The lowest BCUT2D eigenvalue weighted by atomic mass is 9.94. The van der Waals surface area contributed by atoms with Gasteiger partial charge in [-0.15, -0.1) is 0 Å². The van der Waals surface area contributed by atoms with Crippen molar-refractivity contribution in [1.82, 2.24) is 0 Å². The summed E-state index contributed by atoms with van der Waals surface area (Å²) >= 11 is 0. The lowest BCUT2D eigenvalue weighted by molar-refractivity contribution is -0.314. The van der Waals surface area contributed by atoms with Crippen LogP contribution in [-0.4, -0.2) is 121 Å². The second kappa shape index (κ2) is 8.60. The lowest BCUT2D eigenvalue weighted by Crippen LogP contribution is -2.61. The van der Waals surface area contributed by atoms with Crippen LogP contribution in [0.1, 0.15) is 0 Å². The van der Waals surface area contributed by atoms with Crippen LogP contribution in [0.3, 0.4) is 0 Å². The molecule has 1 aliphatic rings. The first-order chi connectivity index (χ1) is 10.7. The summed E-state index contributed by atoms with van der Waals surface area (Å²) in [5.74, 6) is 0. The quantitative estimate of drug-likeness (QED) is 0.203. The summed E-state index contributed by atoms with van der Waals surface area (Å²) < 4.78 is 10.0. The monoisotopic (exact) mass is 344 g/mol. The van der Waals surface area contributed by atoms with Crippen LogP contribution in [0.25, 0.3) is 0 Å². The Kier molecular flexibility index (Phi) is 7.70.